The average molecular weight is 421 g/mol. The van der Waals surface area contributed by atoms with Gasteiger partial charge in [0.15, 0.2) is 0 Å². The summed E-state index contributed by atoms with van der Waals surface area (Å²) in [5.41, 5.74) is 2.84. The van der Waals surface area contributed by atoms with Gasteiger partial charge in [-0.2, -0.15) is 0 Å². The van der Waals surface area contributed by atoms with Gasteiger partial charge in [-0.05, 0) is 43.2 Å². The molecular weight excluding hydrogens is 392 g/mol. The fourth-order valence-electron chi connectivity index (χ4n) is 2.59. The number of benzene rings is 1. The van der Waals surface area contributed by atoms with Crippen molar-refractivity contribution in [3.05, 3.63) is 88.0 Å². The predicted octanol–water partition coefficient (Wildman–Crippen LogP) is 4.60. The number of allylic oxidation sites excluding steroid dienone is 5. The molecule has 31 heavy (non-hydrogen) atoms. The molecule has 0 saturated carbocycles. The summed E-state index contributed by atoms with van der Waals surface area (Å²) in [5, 5.41) is 0. The normalized spacial score (nSPS) is 12.2. The summed E-state index contributed by atoms with van der Waals surface area (Å²) in [7, 11) is 4.02. The first-order valence-electron chi connectivity index (χ1n) is 9.98. The van der Waals surface area contributed by atoms with Gasteiger partial charge in [0.05, 0.1) is 12.7 Å². The largest absolute Gasteiger partial charge is 0.465 e. The summed E-state index contributed by atoms with van der Waals surface area (Å²) in [6, 6.07) is 9.48. The highest BCUT2D eigenvalue weighted by Gasteiger charge is 2.11. The molecule has 2 aromatic rings. The van der Waals surface area contributed by atoms with E-state index in [1.54, 1.807) is 13.1 Å². The van der Waals surface area contributed by atoms with Gasteiger partial charge in [-0.15, -0.1) is 0 Å². The first-order valence-corrected chi connectivity index (χ1v) is 9.98. The Hall–Kier alpha value is -3.67. The molecule has 2 rings (SSSR count). The smallest absolute Gasteiger partial charge is 0.313 e. The van der Waals surface area contributed by atoms with E-state index in [-0.39, 0.29) is 29.9 Å². The number of carbonyl (C=O) groups is 1. The Labute approximate surface area is 182 Å². The maximum atomic E-state index is 11.9. The predicted molar refractivity (Wildman–Crippen MR) is 126 cm³/mol. The van der Waals surface area contributed by atoms with Crippen LogP contribution in [0.3, 0.4) is 0 Å². The Morgan fingerprint density at radius 3 is 2.55 bits per heavy atom. The van der Waals surface area contributed by atoms with Gasteiger partial charge in [-0.3, -0.25) is 14.6 Å². The molecule has 0 aliphatic heterocycles. The van der Waals surface area contributed by atoms with Gasteiger partial charge in [0, 0.05) is 38.6 Å². The lowest BCUT2D eigenvalue weighted by Crippen LogP contribution is -2.15. The van der Waals surface area contributed by atoms with Crippen molar-refractivity contribution in [2.75, 3.05) is 25.5 Å². The Morgan fingerprint density at radius 1 is 1.16 bits per heavy atom. The quantitative estimate of drug-likeness (QED) is 0.337. The molecule has 0 radical (unpaired) electrons. The highest BCUT2D eigenvalue weighted by Crippen LogP contribution is 2.14. The van der Waals surface area contributed by atoms with Crippen molar-refractivity contribution < 1.29 is 13.9 Å². The first kappa shape index (κ1) is 23.6. The Balaban J connectivity index is 1.91. The van der Waals surface area contributed by atoms with Crippen LogP contribution in [0.25, 0.3) is 6.08 Å². The summed E-state index contributed by atoms with van der Waals surface area (Å²) < 4.78 is 10.2. The molecule has 0 saturated heterocycles. The van der Waals surface area contributed by atoms with Crippen molar-refractivity contribution in [3.63, 3.8) is 0 Å². The van der Waals surface area contributed by atoms with Crippen molar-refractivity contribution in [2.45, 2.75) is 20.3 Å². The van der Waals surface area contributed by atoms with Crippen LogP contribution >= 0.6 is 0 Å². The summed E-state index contributed by atoms with van der Waals surface area (Å²) in [4.78, 5) is 29.9. The van der Waals surface area contributed by atoms with Gasteiger partial charge in [-0.25, -0.2) is 0 Å². The highest BCUT2D eigenvalue weighted by atomic mass is 16.5. The van der Waals surface area contributed by atoms with Crippen molar-refractivity contribution in [2.24, 2.45) is 4.99 Å². The second kappa shape index (κ2) is 12.1. The monoisotopic (exact) mass is 420 g/mol. The van der Waals surface area contributed by atoms with Crippen LogP contribution < -0.4 is 15.1 Å². The number of esters is 1. The molecule has 162 valence electrons. The molecule has 6 nitrogen and oxygen atoms in total. The Kier molecular flexibility index (Phi) is 9.23. The highest BCUT2D eigenvalue weighted by molar-refractivity contribution is 5.76. The van der Waals surface area contributed by atoms with E-state index in [1.807, 2.05) is 51.4 Å². The van der Waals surface area contributed by atoms with Gasteiger partial charge in [-0.1, -0.05) is 36.4 Å². The standard InChI is InChI=1S/C25H28N2O4/c1-5-6-20(7-8-21-9-11-22(12-10-21)27(3)4)13-16-26-17-14-24(29)31-25-19(2)30-18-15-23(25)28/h5-13,15-16,18H,14,17H2,1-4H3/b6-5-,8-7+,20-13+,26-16+. The van der Waals surface area contributed by atoms with Crippen LogP contribution in [0.15, 0.2) is 80.7 Å². The number of aliphatic imine (C=N–C) groups is 1. The van der Waals surface area contributed by atoms with Gasteiger partial charge >= 0.3 is 5.97 Å². The first-order chi connectivity index (χ1) is 14.9. The molecule has 0 fully saturated rings. The molecule has 1 aromatic heterocycles. The lowest BCUT2D eigenvalue weighted by atomic mass is 10.1. The number of hydrogen-bond donors (Lipinski definition) is 0. The fourth-order valence-corrected chi connectivity index (χ4v) is 2.59. The van der Waals surface area contributed by atoms with E-state index >= 15 is 0 Å². The molecule has 0 aliphatic rings. The van der Waals surface area contributed by atoms with Crippen LogP contribution in [0, 0.1) is 6.92 Å². The third-order valence-electron chi connectivity index (χ3n) is 4.28. The van der Waals surface area contributed by atoms with E-state index in [0.717, 1.165) is 16.8 Å². The number of aryl methyl sites for hydroxylation is 1. The summed E-state index contributed by atoms with van der Waals surface area (Å²) in [6.07, 6.45) is 12.8. The minimum absolute atomic E-state index is 0.0606. The average Bonchev–Trinajstić information content (AvgIpc) is 2.74. The molecule has 0 unspecified atom stereocenters. The molecule has 0 aliphatic carbocycles. The topological polar surface area (TPSA) is 72.1 Å². The minimum atomic E-state index is -0.530. The number of carbonyl (C=O) groups excluding carboxylic acids is 1. The fraction of sp³-hybridized carbons (Fsp3) is 0.240. The second-order valence-electron chi connectivity index (χ2n) is 6.94. The van der Waals surface area contributed by atoms with Crippen molar-refractivity contribution in [1.82, 2.24) is 0 Å². The number of hydrogen-bond acceptors (Lipinski definition) is 6. The molecule has 0 bridgehead atoms. The summed E-state index contributed by atoms with van der Waals surface area (Å²) in [5.74, 6) is -0.334. The van der Waals surface area contributed by atoms with Crippen LogP contribution in [-0.2, 0) is 4.79 Å². The number of ether oxygens (including phenoxy) is 1. The van der Waals surface area contributed by atoms with Crippen molar-refractivity contribution in [1.29, 1.82) is 0 Å². The number of nitrogens with zero attached hydrogens (tertiary/aromatic N) is 2. The van der Waals surface area contributed by atoms with E-state index in [0.29, 0.717) is 0 Å². The van der Waals surface area contributed by atoms with Gasteiger partial charge in [0.1, 0.15) is 5.76 Å². The van der Waals surface area contributed by atoms with Gasteiger partial charge < -0.3 is 14.1 Å². The molecule has 1 aromatic carbocycles. The Bertz CT molecular complexity index is 1040. The lowest BCUT2D eigenvalue weighted by Gasteiger charge is -2.11. The Morgan fingerprint density at radius 2 is 1.90 bits per heavy atom. The molecule has 0 spiro atoms. The SMILES string of the molecule is C\C=C/C(/C=C/c1ccc(N(C)C)cc1)=C\C=N\CCC(=O)Oc1c(C)occc1=O. The maximum absolute atomic E-state index is 11.9. The van der Waals surface area contributed by atoms with Crippen LogP contribution in [0.4, 0.5) is 5.69 Å². The van der Waals surface area contributed by atoms with Crippen molar-refractivity contribution >= 4 is 23.9 Å². The zero-order valence-electron chi connectivity index (χ0n) is 18.4. The van der Waals surface area contributed by atoms with Crippen LogP contribution in [0.5, 0.6) is 5.75 Å². The van der Waals surface area contributed by atoms with Crippen LogP contribution in [0.2, 0.25) is 0 Å². The zero-order chi connectivity index (χ0) is 22.6. The summed E-state index contributed by atoms with van der Waals surface area (Å²) >= 11 is 0. The number of rotatable bonds is 9. The summed E-state index contributed by atoms with van der Waals surface area (Å²) in [6.45, 7) is 3.77. The molecule has 6 heteroatoms. The van der Waals surface area contributed by atoms with E-state index in [2.05, 4.69) is 34.2 Å². The molecule has 1 heterocycles. The molecule has 0 atom stereocenters. The second-order valence-corrected chi connectivity index (χ2v) is 6.94. The van der Waals surface area contributed by atoms with Crippen molar-refractivity contribution in [3.8, 4) is 5.75 Å². The third-order valence-corrected chi connectivity index (χ3v) is 4.28. The van der Waals surface area contributed by atoms with E-state index in [9.17, 15) is 9.59 Å². The zero-order valence-corrected chi connectivity index (χ0v) is 18.4. The number of anilines is 1. The maximum Gasteiger partial charge on any atom is 0.313 e. The molecule has 0 amide bonds. The minimum Gasteiger partial charge on any atom is -0.465 e. The van der Waals surface area contributed by atoms with Gasteiger partial charge in [0.25, 0.3) is 0 Å². The lowest BCUT2D eigenvalue weighted by molar-refractivity contribution is -0.134. The molecular formula is C25H28N2O4. The van der Waals surface area contributed by atoms with Gasteiger partial charge in [0.2, 0.25) is 11.2 Å². The van der Waals surface area contributed by atoms with Crippen LogP contribution in [0.1, 0.15) is 24.7 Å². The van der Waals surface area contributed by atoms with Crippen LogP contribution in [-0.4, -0.2) is 32.8 Å². The van der Waals surface area contributed by atoms with E-state index < -0.39 is 5.97 Å². The van der Waals surface area contributed by atoms with E-state index in [4.69, 9.17) is 9.15 Å². The van der Waals surface area contributed by atoms with E-state index in [1.165, 1.54) is 12.3 Å². The third kappa shape index (κ3) is 7.93. The molecule has 0 N–H and O–H groups in total.